The molecule has 0 atom stereocenters. The van der Waals surface area contributed by atoms with Crippen molar-refractivity contribution < 1.29 is 8.81 Å². The van der Waals surface area contributed by atoms with Gasteiger partial charge < -0.3 is 10.2 Å². The SMILES string of the molecule is Cn1nc(-c2ccoc2)c(-c2ccccc2F)c1N. The number of furan rings is 1. The quantitative estimate of drug-likeness (QED) is 0.767. The summed E-state index contributed by atoms with van der Waals surface area (Å²) in [6, 6.07) is 8.27. The summed E-state index contributed by atoms with van der Waals surface area (Å²) in [5, 5.41) is 4.34. The lowest BCUT2D eigenvalue weighted by atomic mass is 10.0. The first kappa shape index (κ1) is 11.5. The Morgan fingerprint density at radius 3 is 2.74 bits per heavy atom. The van der Waals surface area contributed by atoms with E-state index in [1.54, 1.807) is 43.8 Å². The molecule has 0 spiro atoms. The number of hydrogen-bond donors (Lipinski definition) is 1. The topological polar surface area (TPSA) is 57.0 Å². The van der Waals surface area contributed by atoms with E-state index in [1.165, 1.54) is 10.7 Å². The largest absolute Gasteiger partial charge is 0.472 e. The average molecular weight is 257 g/mol. The summed E-state index contributed by atoms with van der Waals surface area (Å²) >= 11 is 0. The van der Waals surface area contributed by atoms with Gasteiger partial charge in [-0.2, -0.15) is 5.10 Å². The smallest absolute Gasteiger partial charge is 0.131 e. The minimum atomic E-state index is -0.327. The summed E-state index contributed by atoms with van der Waals surface area (Å²) < 4.78 is 20.6. The summed E-state index contributed by atoms with van der Waals surface area (Å²) in [4.78, 5) is 0. The van der Waals surface area contributed by atoms with Crippen LogP contribution in [0.15, 0.2) is 47.3 Å². The van der Waals surface area contributed by atoms with Crippen molar-refractivity contribution in [3.63, 3.8) is 0 Å². The number of halogens is 1. The molecule has 3 aromatic rings. The Bertz CT molecular complexity index is 716. The van der Waals surface area contributed by atoms with Gasteiger partial charge in [0.2, 0.25) is 0 Å². The van der Waals surface area contributed by atoms with Gasteiger partial charge in [-0.25, -0.2) is 4.39 Å². The third kappa shape index (κ3) is 1.79. The highest BCUT2D eigenvalue weighted by Gasteiger charge is 2.20. The van der Waals surface area contributed by atoms with Gasteiger partial charge in [-0.3, -0.25) is 4.68 Å². The third-order valence-corrected chi connectivity index (χ3v) is 3.03. The van der Waals surface area contributed by atoms with E-state index in [0.29, 0.717) is 22.6 Å². The number of nitrogens with two attached hydrogens (primary N) is 1. The molecule has 0 aliphatic carbocycles. The molecule has 2 aromatic heterocycles. The average Bonchev–Trinajstić information content (AvgIpc) is 3.01. The van der Waals surface area contributed by atoms with Crippen molar-refractivity contribution in [2.75, 3.05) is 5.73 Å². The molecular weight excluding hydrogens is 245 g/mol. The second-order valence-corrected chi connectivity index (χ2v) is 4.22. The number of aromatic nitrogens is 2. The fraction of sp³-hybridized carbons (Fsp3) is 0.0714. The fourth-order valence-electron chi connectivity index (χ4n) is 2.07. The van der Waals surface area contributed by atoms with E-state index in [1.807, 2.05) is 0 Å². The molecule has 0 aliphatic rings. The van der Waals surface area contributed by atoms with E-state index in [4.69, 9.17) is 10.2 Å². The Labute approximate surface area is 109 Å². The first-order valence-electron chi connectivity index (χ1n) is 5.78. The van der Waals surface area contributed by atoms with E-state index in [9.17, 15) is 4.39 Å². The van der Waals surface area contributed by atoms with Gasteiger partial charge in [-0.05, 0) is 12.1 Å². The first-order valence-corrected chi connectivity index (χ1v) is 5.78. The lowest BCUT2D eigenvalue weighted by Crippen LogP contribution is -1.98. The lowest BCUT2D eigenvalue weighted by Gasteiger charge is -2.04. The summed E-state index contributed by atoms with van der Waals surface area (Å²) in [5.41, 5.74) is 8.41. The Morgan fingerprint density at radius 1 is 1.26 bits per heavy atom. The molecule has 96 valence electrons. The Kier molecular flexibility index (Phi) is 2.59. The minimum absolute atomic E-state index is 0.327. The highest BCUT2D eigenvalue weighted by atomic mass is 19.1. The molecule has 0 unspecified atom stereocenters. The van der Waals surface area contributed by atoms with Gasteiger partial charge >= 0.3 is 0 Å². The van der Waals surface area contributed by atoms with Crippen LogP contribution in [0.4, 0.5) is 10.2 Å². The molecule has 19 heavy (non-hydrogen) atoms. The van der Waals surface area contributed by atoms with Crippen LogP contribution in [0.1, 0.15) is 0 Å². The van der Waals surface area contributed by atoms with Crippen LogP contribution in [0.2, 0.25) is 0 Å². The van der Waals surface area contributed by atoms with Crippen LogP contribution in [-0.2, 0) is 7.05 Å². The van der Waals surface area contributed by atoms with Crippen molar-refractivity contribution in [2.24, 2.45) is 7.05 Å². The molecule has 0 aliphatic heterocycles. The van der Waals surface area contributed by atoms with Crippen LogP contribution in [0, 0.1) is 5.82 Å². The van der Waals surface area contributed by atoms with Crippen LogP contribution in [-0.4, -0.2) is 9.78 Å². The molecule has 2 heterocycles. The van der Waals surface area contributed by atoms with Gasteiger partial charge in [0.15, 0.2) is 0 Å². The van der Waals surface area contributed by atoms with Crippen molar-refractivity contribution in [2.45, 2.75) is 0 Å². The molecule has 0 saturated heterocycles. The van der Waals surface area contributed by atoms with E-state index >= 15 is 0 Å². The van der Waals surface area contributed by atoms with Crippen LogP contribution in [0.3, 0.4) is 0 Å². The molecule has 2 N–H and O–H groups in total. The monoisotopic (exact) mass is 257 g/mol. The van der Waals surface area contributed by atoms with Crippen LogP contribution in [0.5, 0.6) is 0 Å². The van der Waals surface area contributed by atoms with Crippen LogP contribution >= 0.6 is 0 Å². The first-order chi connectivity index (χ1) is 9.18. The van der Waals surface area contributed by atoms with E-state index in [-0.39, 0.29) is 5.82 Å². The number of nitrogen functional groups attached to an aromatic ring is 1. The minimum Gasteiger partial charge on any atom is -0.472 e. The predicted molar refractivity (Wildman–Crippen MR) is 70.7 cm³/mol. The lowest BCUT2D eigenvalue weighted by molar-refractivity contribution is 0.568. The molecule has 0 radical (unpaired) electrons. The molecule has 0 bridgehead atoms. The zero-order valence-corrected chi connectivity index (χ0v) is 10.3. The maximum Gasteiger partial charge on any atom is 0.131 e. The van der Waals surface area contributed by atoms with Gasteiger partial charge in [-0.15, -0.1) is 0 Å². The van der Waals surface area contributed by atoms with Gasteiger partial charge in [0.05, 0.1) is 18.1 Å². The maximum absolute atomic E-state index is 14.0. The molecule has 4 nitrogen and oxygen atoms in total. The molecular formula is C14H12FN3O. The maximum atomic E-state index is 14.0. The second kappa shape index (κ2) is 4.28. The third-order valence-electron chi connectivity index (χ3n) is 3.03. The summed E-state index contributed by atoms with van der Waals surface area (Å²) in [6.45, 7) is 0. The van der Waals surface area contributed by atoms with Gasteiger partial charge in [0.1, 0.15) is 17.3 Å². The normalized spacial score (nSPS) is 10.8. The number of benzene rings is 1. The molecule has 0 fully saturated rings. The number of aryl methyl sites for hydroxylation is 1. The molecule has 3 rings (SSSR count). The van der Waals surface area contributed by atoms with Crippen LogP contribution in [0.25, 0.3) is 22.4 Å². The second-order valence-electron chi connectivity index (χ2n) is 4.22. The molecule has 5 heteroatoms. The summed E-state index contributed by atoms with van der Waals surface area (Å²) in [5.74, 6) is 0.0910. The fourth-order valence-corrected chi connectivity index (χ4v) is 2.07. The molecule has 1 aromatic carbocycles. The van der Waals surface area contributed by atoms with Crippen molar-refractivity contribution in [3.05, 3.63) is 48.7 Å². The number of hydrogen-bond acceptors (Lipinski definition) is 3. The molecule has 0 amide bonds. The van der Waals surface area contributed by atoms with Crippen molar-refractivity contribution in [1.82, 2.24) is 9.78 Å². The molecule has 0 saturated carbocycles. The van der Waals surface area contributed by atoms with Gasteiger partial charge in [0.25, 0.3) is 0 Å². The van der Waals surface area contributed by atoms with E-state index < -0.39 is 0 Å². The van der Waals surface area contributed by atoms with E-state index in [0.717, 1.165) is 5.56 Å². The zero-order chi connectivity index (χ0) is 13.4. The van der Waals surface area contributed by atoms with Crippen molar-refractivity contribution >= 4 is 5.82 Å². The Balaban J connectivity index is 2.29. The van der Waals surface area contributed by atoms with Gasteiger partial charge in [-0.1, -0.05) is 18.2 Å². The highest BCUT2D eigenvalue weighted by Crippen LogP contribution is 2.37. The number of anilines is 1. The highest BCUT2D eigenvalue weighted by molar-refractivity contribution is 5.88. The van der Waals surface area contributed by atoms with Crippen molar-refractivity contribution in [1.29, 1.82) is 0 Å². The Morgan fingerprint density at radius 2 is 2.05 bits per heavy atom. The van der Waals surface area contributed by atoms with Crippen LogP contribution < -0.4 is 5.73 Å². The predicted octanol–water partition coefficient (Wildman–Crippen LogP) is 3.07. The standard InChI is InChI=1S/C14H12FN3O/c1-18-14(16)12(10-4-2-3-5-11(10)15)13(17-18)9-6-7-19-8-9/h2-8H,16H2,1H3. The number of nitrogens with zero attached hydrogens (tertiary/aromatic N) is 2. The zero-order valence-electron chi connectivity index (χ0n) is 10.3. The number of rotatable bonds is 2. The van der Waals surface area contributed by atoms with Crippen molar-refractivity contribution in [3.8, 4) is 22.4 Å². The summed E-state index contributed by atoms with van der Waals surface area (Å²) in [6.07, 6.45) is 3.11. The Hall–Kier alpha value is -2.56. The van der Waals surface area contributed by atoms with Gasteiger partial charge in [0, 0.05) is 18.2 Å². The van der Waals surface area contributed by atoms with E-state index in [2.05, 4.69) is 5.10 Å². The summed E-state index contributed by atoms with van der Waals surface area (Å²) in [7, 11) is 1.73.